The zero-order valence-corrected chi connectivity index (χ0v) is 12.6. The number of nitrogens with zero attached hydrogens (tertiary/aromatic N) is 1. The maximum Gasteiger partial charge on any atom is 0.0940 e. The first-order valence-corrected chi connectivity index (χ1v) is 7.48. The first kappa shape index (κ1) is 13.5. The van der Waals surface area contributed by atoms with Gasteiger partial charge in [0.1, 0.15) is 0 Å². The third-order valence-electron chi connectivity index (χ3n) is 2.58. The van der Waals surface area contributed by atoms with Crippen LogP contribution in [0.5, 0.6) is 0 Å². The van der Waals surface area contributed by atoms with Gasteiger partial charge in [-0.2, -0.15) is 0 Å². The highest BCUT2D eigenvalue weighted by Gasteiger charge is 2.00. The molecule has 3 nitrogen and oxygen atoms in total. The summed E-state index contributed by atoms with van der Waals surface area (Å²) in [6.07, 6.45) is 0.981. The van der Waals surface area contributed by atoms with E-state index < -0.39 is 0 Å². The molecule has 18 heavy (non-hydrogen) atoms. The average Bonchev–Trinajstić information content (AvgIpc) is 2.75. The van der Waals surface area contributed by atoms with Crippen molar-refractivity contribution in [2.45, 2.75) is 19.9 Å². The molecule has 0 saturated carbocycles. The minimum Gasteiger partial charge on any atom is -0.398 e. The second-order valence-electron chi connectivity index (χ2n) is 4.17. The van der Waals surface area contributed by atoms with Crippen molar-refractivity contribution in [3.05, 3.63) is 44.3 Å². The highest BCUT2D eigenvalue weighted by molar-refractivity contribution is 9.10. The van der Waals surface area contributed by atoms with Crippen LogP contribution in [0.4, 0.5) is 5.69 Å². The van der Waals surface area contributed by atoms with Crippen LogP contribution in [0.2, 0.25) is 0 Å². The van der Waals surface area contributed by atoms with Gasteiger partial charge in [0.05, 0.1) is 5.01 Å². The molecule has 1 aromatic heterocycles. The first-order valence-electron chi connectivity index (χ1n) is 5.81. The molecule has 1 heterocycles. The Morgan fingerprint density at radius 3 is 2.94 bits per heavy atom. The summed E-state index contributed by atoms with van der Waals surface area (Å²) >= 11 is 5.16. The van der Waals surface area contributed by atoms with E-state index in [1.165, 1.54) is 10.6 Å². The van der Waals surface area contributed by atoms with Crippen molar-refractivity contribution in [2.24, 2.45) is 0 Å². The topological polar surface area (TPSA) is 50.9 Å². The van der Waals surface area contributed by atoms with Gasteiger partial charge in [0.2, 0.25) is 0 Å². The predicted molar refractivity (Wildman–Crippen MR) is 80.8 cm³/mol. The average molecular weight is 326 g/mol. The number of benzene rings is 1. The van der Waals surface area contributed by atoms with Gasteiger partial charge in [0.25, 0.3) is 0 Å². The molecule has 0 bridgehead atoms. The van der Waals surface area contributed by atoms with Gasteiger partial charge in [-0.3, -0.25) is 0 Å². The Morgan fingerprint density at radius 2 is 2.28 bits per heavy atom. The predicted octanol–water partition coefficient (Wildman–Crippen LogP) is 3.13. The van der Waals surface area contributed by atoms with Crippen LogP contribution in [-0.4, -0.2) is 11.5 Å². The van der Waals surface area contributed by atoms with E-state index in [2.05, 4.69) is 37.7 Å². The molecular formula is C13H16BrN3S. The number of nitrogen functional groups attached to an aromatic ring is 1. The van der Waals surface area contributed by atoms with E-state index in [1.54, 1.807) is 11.3 Å². The minimum atomic E-state index is 0.775. The Hall–Kier alpha value is -0.910. The van der Waals surface area contributed by atoms with Gasteiger partial charge in [-0.15, -0.1) is 11.3 Å². The molecule has 2 aromatic rings. The molecule has 0 aliphatic rings. The van der Waals surface area contributed by atoms with Gasteiger partial charge >= 0.3 is 0 Å². The summed E-state index contributed by atoms with van der Waals surface area (Å²) in [6.45, 7) is 3.82. The Balaban J connectivity index is 1.76. The fourth-order valence-corrected chi connectivity index (χ4v) is 2.83. The van der Waals surface area contributed by atoms with E-state index >= 15 is 0 Å². The molecule has 0 saturated heterocycles. The molecule has 0 atom stereocenters. The van der Waals surface area contributed by atoms with Crippen LogP contribution in [-0.2, 0) is 13.0 Å². The highest BCUT2D eigenvalue weighted by Crippen LogP contribution is 2.20. The number of nitrogens with one attached hydrogen (secondary N) is 1. The second-order valence-corrected chi connectivity index (χ2v) is 5.96. The van der Waals surface area contributed by atoms with Crippen molar-refractivity contribution < 1.29 is 0 Å². The van der Waals surface area contributed by atoms with Crippen LogP contribution in [0.3, 0.4) is 0 Å². The number of aryl methyl sites for hydroxylation is 1. The van der Waals surface area contributed by atoms with Gasteiger partial charge in [0.15, 0.2) is 0 Å². The summed E-state index contributed by atoms with van der Waals surface area (Å²) in [7, 11) is 0. The van der Waals surface area contributed by atoms with Crippen LogP contribution in [0.1, 0.15) is 16.3 Å². The highest BCUT2D eigenvalue weighted by atomic mass is 79.9. The Morgan fingerprint density at radius 1 is 1.44 bits per heavy atom. The number of hydrogen-bond donors (Lipinski definition) is 2. The van der Waals surface area contributed by atoms with Crippen LogP contribution in [0.25, 0.3) is 0 Å². The van der Waals surface area contributed by atoms with E-state index in [9.17, 15) is 0 Å². The van der Waals surface area contributed by atoms with Crippen molar-refractivity contribution >= 4 is 33.0 Å². The lowest BCUT2D eigenvalue weighted by atomic mass is 10.2. The Bertz CT molecular complexity index is 525. The number of anilines is 1. The maximum atomic E-state index is 5.75. The van der Waals surface area contributed by atoms with Crippen LogP contribution in [0, 0.1) is 6.92 Å². The molecule has 0 unspecified atom stereocenters. The number of hydrogen-bond acceptors (Lipinski definition) is 4. The van der Waals surface area contributed by atoms with Crippen LogP contribution >= 0.6 is 27.3 Å². The standard InChI is InChI=1S/C13H16BrN3S/c1-9-8-18-13(17-9)4-5-16-7-10-2-3-12(15)11(14)6-10/h2-3,6,8,16H,4-5,7,15H2,1H3. The van der Waals surface area contributed by atoms with Gasteiger partial charge < -0.3 is 11.1 Å². The molecule has 0 amide bonds. The number of thiazole rings is 1. The molecule has 1 aromatic carbocycles. The van der Waals surface area contributed by atoms with Gasteiger partial charge in [0, 0.05) is 40.7 Å². The fourth-order valence-electron chi connectivity index (χ4n) is 1.63. The summed E-state index contributed by atoms with van der Waals surface area (Å²) in [5.41, 5.74) is 8.86. The zero-order chi connectivity index (χ0) is 13.0. The zero-order valence-electron chi connectivity index (χ0n) is 10.2. The van der Waals surface area contributed by atoms with Gasteiger partial charge in [-0.1, -0.05) is 6.07 Å². The quantitative estimate of drug-likeness (QED) is 0.656. The van der Waals surface area contributed by atoms with Gasteiger partial charge in [-0.25, -0.2) is 4.98 Å². The van der Waals surface area contributed by atoms with Crippen molar-refractivity contribution in [3.8, 4) is 0 Å². The summed E-state index contributed by atoms with van der Waals surface area (Å²) < 4.78 is 0.956. The first-order chi connectivity index (χ1) is 8.65. The second kappa shape index (κ2) is 6.31. The molecule has 96 valence electrons. The summed E-state index contributed by atoms with van der Waals surface area (Å²) in [5, 5.41) is 6.69. The maximum absolute atomic E-state index is 5.75. The lowest BCUT2D eigenvalue weighted by molar-refractivity contribution is 0.684. The van der Waals surface area contributed by atoms with Crippen LogP contribution in [0.15, 0.2) is 28.1 Å². The van der Waals surface area contributed by atoms with E-state index in [1.807, 2.05) is 19.1 Å². The van der Waals surface area contributed by atoms with E-state index in [-0.39, 0.29) is 0 Å². The van der Waals surface area contributed by atoms with Gasteiger partial charge in [-0.05, 0) is 40.5 Å². The molecule has 0 fully saturated rings. The Labute approximate surface area is 120 Å². The lowest BCUT2D eigenvalue weighted by Gasteiger charge is -2.05. The van der Waals surface area contributed by atoms with Crippen molar-refractivity contribution in [1.29, 1.82) is 0 Å². The minimum absolute atomic E-state index is 0.775. The monoisotopic (exact) mass is 325 g/mol. The van der Waals surface area contributed by atoms with E-state index in [4.69, 9.17) is 5.73 Å². The van der Waals surface area contributed by atoms with Crippen molar-refractivity contribution in [1.82, 2.24) is 10.3 Å². The molecule has 3 N–H and O–H groups in total. The number of aromatic nitrogens is 1. The molecule has 0 aliphatic carbocycles. The van der Waals surface area contributed by atoms with E-state index in [0.29, 0.717) is 0 Å². The number of nitrogens with two attached hydrogens (primary N) is 1. The van der Waals surface area contributed by atoms with E-state index in [0.717, 1.165) is 35.4 Å². The third kappa shape index (κ3) is 3.80. The van der Waals surface area contributed by atoms with Crippen molar-refractivity contribution in [3.63, 3.8) is 0 Å². The SMILES string of the molecule is Cc1csc(CCNCc2ccc(N)c(Br)c2)n1. The van der Waals surface area contributed by atoms with Crippen molar-refractivity contribution in [2.75, 3.05) is 12.3 Å². The molecule has 2 rings (SSSR count). The molecular weight excluding hydrogens is 310 g/mol. The molecule has 0 spiro atoms. The molecule has 5 heteroatoms. The van der Waals surface area contributed by atoms with Crippen LogP contribution < -0.4 is 11.1 Å². The summed E-state index contributed by atoms with van der Waals surface area (Å²) in [5.74, 6) is 0. The fraction of sp³-hybridized carbons (Fsp3) is 0.308. The third-order valence-corrected chi connectivity index (χ3v) is 4.29. The largest absolute Gasteiger partial charge is 0.398 e. The number of halogens is 1. The summed E-state index contributed by atoms with van der Waals surface area (Å²) in [4.78, 5) is 4.44. The molecule has 0 radical (unpaired) electrons. The Kier molecular flexibility index (Phi) is 4.74. The summed E-state index contributed by atoms with van der Waals surface area (Å²) in [6, 6.07) is 6.02. The molecule has 0 aliphatic heterocycles. The number of rotatable bonds is 5. The normalized spacial score (nSPS) is 10.8. The smallest absolute Gasteiger partial charge is 0.0940 e. The lowest BCUT2D eigenvalue weighted by Crippen LogP contribution is -2.16.